The SMILES string of the molecule is CC[C@@H]1[C@@H](c2ccc(OC)cc2)c2cc3c(cc2O[C@H]1N1CCOCC1)OCO3. The maximum Gasteiger partial charge on any atom is 0.231 e. The third-order valence-corrected chi connectivity index (χ3v) is 6.23. The lowest BCUT2D eigenvalue weighted by atomic mass is 9.76. The third kappa shape index (κ3) is 3.30. The molecule has 29 heavy (non-hydrogen) atoms. The van der Waals surface area contributed by atoms with Crippen LogP contribution >= 0.6 is 0 Å². The summed E-state index contributed by atoms with van der Waals surface area (Å²) in [5, 5.41) is 0. The van der Waals surface area contributed by atoms with E-state index in [2.05, 4.69) is 30.0 Å². The van der Waals surface area contributed by atoms with Crippen molar-refractivity contribution in [2.24, 2.45) is 5.92 Å². The van der Waals surface area contributed by atoms with Crippen molar-refractivity contribution in [3.05, 3.63) is 47.5 Å². The van der Waals surface area contributed by atoms with Crippen LogP contribution in [0.15, 0.2) is 36.4 Å². The van der Waals surface area contributed by atoms with Crippen LogP contribution in [-0.4, -0.2) is 51.3 Å². The predicted octanol–water partition coefficient (Wildman–Crippen LogP) is 3.63. The van der Waals surface area contributed by atoms with Gasteiger partial charge in [0.2, 0.25) is 6.79 Å². The van der Waals surface area contributed by atoms with Gasteiger partial charge in [-0.1, -0.05) is 19.1 Å². The monoisotopic (exact) mass is 397 g/mol. The summed E-state index contributed by atoms with van der Waals surface area (Å²) in [5.74, 6) is 3.82. The van der Waals surface area contributed by atoms with Crippen molar-refractivity contribution in [1.29, 1.82) is 0 Å². The summed E-state index contributed by atoms with van der Waals surface area (Å²) in [6, 6.07) is 12.5. The fourth-order valence-electron chi connectivity index (χ4n) is 4.75. The Labute approximate surface area is 171 Å². The van der Waals surface area contributed by atoms with Gasteiger partial charge in [-0.3, -0.25) is 4.90 Å². The quantitative estimate of drug-likeness (QED) is 0.785. The number of methoxy groups -OCH3 is 1. The first-order chi connectivity index (χ1) is 14.3. The molecule has 0 N–H and O–H groups in total. The predicted molar refractivity (Wildman–Crippen MR) is 108 cm³/mol. The Hall–Kier alpha value is -2.44. The summed E-state index contributed by atoms with van der Waals surface area (Å²) in [7, 11) is 1.70. The fraction of sp³-hybridized carbons (Fsp3) is 0.478. The maximum absolute atomic E-state index is 6.61. The molecule has 3 aliphatic rings. The first-order valence-corrected chi connectivity index (χ1v) is 10.3. The van der Waals surface area contributed by atoms with Gasteiger partial charge in [0.1, 0.15) is 11.5 Å². The lowest BCUT2D eigenvalue weighted by Gasteiger charge is -2.45. The maximum atomic E-state index is 6.61. The number of fused-ring (bicyclic) bond motifs is 2. The van der Waals surface area contributed by atoms with Gasteiger partial charge in [0, 0.05) is 36.6 Å². The lowest BCUT2D eigenvalue weighted by molar-refractivity contribution is -0.0830. The number of hydrogen-bond donors (Lipinski definition) is 0. The van der Waals surface area contributed by atoms with Gasteiger partial charge in [-0.05, 0) is 30.2 Å². The summed E-state index contributed by atoms with van der Waals surface area (Å²) in [6.07, 6.45) is 1.01. The first kappa shape index (κ1) is 18.6. The molecule has 0 bridgehead atoms. The molecule has 0 aromatic heterocycles. The zero-order valence-corrected chi connectivity index (χ0v) is 16.9. The molecule has 1 saturated heterocycles. The molecule has 6 nitrogen and oxygen atoms in total. The molecule has 3 heterocycles. The molecule has 1 fully saturated rings. The summed E-state index contributed by atoms with van der Waals surface area (Å²) < 4.78 is 28.8. The van der Waals surface area contributed by atoms with Gasteiger partial charge < -0.3 is 23.7 Å². The number of hydrogen-bond acceptors (Lipinski definition) is 6. The minimum absolute atomic E-state index is 0.00359. The Morgan fingerprint density at radius 1 is 1.00 bits per heavy atom. The molecule has 0 aliphatic carbocycles. The van der Waals surface area contributed by atoms with Gasteiger partial charge in [0.05, 0.1) is 20.3 Å². The van der Waals surface area contributed by atoms with Gasteiger partial charge in [0.15, 0.2) is 17.7 Å². The Bertz CT molecular complexity index is 862. The van der Waals surface area contributed by atoms with E-state index in [1.807, 2.05) is 18.2 Å². The van der Waals surface area contributed by atoms with Crippen molar-refractivity contribution in [2.45, 2.75) is 25.5 Å². The van der Waals surface area contributed by atoms with E-state index in [1.54, 1.807) is 7.11 Å². The molecule has 3 atom stereocenters. The highest BCUT2D eigenvalue weighted by Crippen LogP contribution is 2.50. The molecule has 0 saturated carbocycles. The van der Waals surface area contributed by atoms with Crippen molar-refractivity contribution in [3.8, 4) is 23.0 Å². The highest BCUT2D eigenvalue weighted by molar-refractivity contribution is 5.56. The molecule has 0 spiro atoms. The van der Waals surface area contributed by atoms with E-state index in [4.69, 9.17) is 23.7 Å². The van der Waals surface area contributed by atoms with Crippen LogP contribution in [0.2, 0.25) is 0 Å². The number of ether oxygens (including phenoxy) is 5. The van der Waals surface area contributed by atoms with Crippen molar-refractivity contribution < 1.29 is 23.7 Å². The van der Waals surface area contributed by atoms with Crippen molar-refractivity contribution in [3.63, 3.8) is 0 Å². The summed E-state index contributed by atoms with van der Waals surface area (Å²) in [4.78, 5) is 2.42. The van der Waals surface area contributed by atoms with Crippen LogP contribution in [0.25, 0.3) is 0 Å². The van der Waals surface area contributed by atoms with Crippen molar-refractivity contribution in [2.75, 3.05) is 40.2 Å². The minimum Gasteiger partial charge on any atom is -0.497 e. The van der Waals surface area contributed by atoms with Crippen LogP contribution in [0.5, 0.6) is 23.0 Å². The Kier molecular flexibility index (Phi) is 4.97. The molecule has 0 unspecified atom stereocenters. The highest BCUT2D eigenvalue weighted by Gasteiger charge is 2.42. The van der Waals surface area contributed by atoms with E-state index in [-0.39, 0.29) is 18.9 Å². The second-order valence-electron chi connectivity index (χ2n) is 7.72. The molecule has 5 rings (SSSR count). The van der Waals surface area contributed by atoms with E-state index in [0.29, 0.717) is 5.92 Å². The topological polar surface area (TPSA) is 49.4 Å². The van der Waals surface area contributed by atoms with Gasteiger partial charge in [-0.25, -0.2) is 0 Å². The second kappa shape index (κ2) is 7.76. The van der Waals surface area contributed by atoms with Crippen LogP contribution < -0.4 is 18.9 Å². The molecule has 3 aliphatic heterocycles. The fourth-order valence-corrected chi connectivity index (χ4v) is 4.75. The van der Waals surface area contributed by atoms with Gasteiger partial charge in [0.25, 0.3) is 0 Å². The minimum atomic E-state index is 0.00359. The van der Waals surface area contributed by atoms with Crippen LogP contribution in [0.1, 0.15) is 30.4 Å². The molecular formula is C23H27NO5. The Morgan fingerprint density at radius 2 is 1.72 bits per heavy atom. The zero-order valence-electron chi connectivity index (χ0n) is 16.9. The third-order valence-electron chi connectivity index (χ3n) is 6.23. The van der Waals surface area contributed by atoms with E-state index < -0.39 is 0 Å². The van der Waals surface area contributed by atoms with Crippen LogP contribution in [0, 0.1) is 5.92 Å². The van der Waals surface area contributed by atoms with E-state index >= 15 is 0 Å². The zero-order chi connectivity index (χ0) is 19.8. The average molecular weight is 397 g/mol. The molecule has 2 aromatic carbocycles. The van der Waals surface area contributed by atoms with Gasteiger partial charge >= 0.3 is 0 Å². The second-order valence-corrected chi connectivity index (χ2v) is 7.72. The van der Waals surface area contributed by atoms with Gasteiger partial charge in [-0.2, -0.15) is 0 Å². The van der Waals surface area contributed by atoms with Crippen LogP contribution in [0.4, 0.5) is 0 Å². The molecule has 0 radical (unpaired) electrons. The molecule has 6 heteroatoms. The highest BCUT2D eigenvalue weighted by atomic mass is 16.7. The Balaban J connectivity index is 1.60. The normalized spacial score (nSPS) is 25.9. The summed E-state index contributed by atoms with van der Waals surface area (Å²) in [6.45, 7) is 5.77. The number of rotatable bonds is 4. The average Bonchev–Trinajstić information content (AvgIpc) is 3.24. The number of morpholine rings is 1. The number of nitrogens with zero attached hydrogens (tertiary/aromatic N) is 1. The molecular weight excluding hydrogens is 370 g/mol. The standard InChI is InChI=1S/C23H27NO5/c1-3-17-22(15-4-6-16(25-2)7-5-15)18-12-20-21(28-14-27-20)13-19(18)29-23(17)24-8-10-26-11-9-24/h4-7,12-13,17,22-23H,3,8-11,14H2,1-2H3/t17-,22-,23-/m1/s1. The summed E-state index contributed by atoms with van der Waals surface area (Å²) in [5.41, 5.74) is 2.43. The molecule has 2 aromatic rings. The van der Waals surface area contributed by atoms with Crippen molar-refractivity contribution >= 4 is 0 Å². The first-order valence-electron chi connectivity index (χ1n) is 10.3. The van der Waals surface area contributed by atoms with Crippen LogP contribution in [-0.2, 0) is 4.74 Å². The van der Waals surface area contributed by atoms with Gasteiger partial charge in [-0.15, -0.1) is 0 Å². The summed E-state index contributed by atoms with van der Waals surface area (Å²) >= 11 is 0. The molecule has 0 amide bonds. The van der Waals surface area contributed by atoms with E-state index in [9.17, 15) is 0 Å². The Morgan fingerprint density at radius 3 is 2.41 bits per heavy atom. The lowest BCUT2D eigenvalue weighted by Crippen LogP contribution is -2.52. The van der Waals surface area contributed by atoms with Crippen LogP contribution in [0.3, 0.4) is 0 Å². The largest absolute Gasteiger partial charge is 0.497 e. The number of benzene rings is 2. The van der Waals surface area contributed by atoms with E-state index in [0.717, 1.165) is 61.3 Å². The molecule has 154 valence electrons. The smallest absolute Gasteiger partial charge is 0.231 e. The van der Waals surface area contributed by atoms with E-state index in [1.165, 1.54) is 5.56 Å². The van der Waals surface area contributed by atoms with Crippen molar-refractivity contribution in [1.82, 2.24) is 4.90 Å².